The van der Waals surface area contributed by atoms with Crippen LogP contribution >= 0.6 is 23.2 Å². The third-order valence-corrected chi connectivity index (χ3v) is 11.5. The Morgan fingerprint density at radius 1 is 1.14 bits per heavy atom. The zero-order chi connectivity index (χ0) is 35.8. The zero-order valence-electron chi connectivity index (χ0n) is 27.8. The second kappa shape index (κ2) is 14.5. The van der Waals surface area contributed by atoms with E-state index in [2.05, 4.69) is 42.9 Å². The Balaban J connectivity index is 0.000000606. The second-order valence-corrected chi connectivity index (χ2v) is 14.9. The van der Waals surface area contributed by atoms with E-state index in [4.69, 9.17) is 38.1 Å². The van der Waals surface area contributed by atoms with Gasteiger partial charge < -0.3 is 20.4 Å². The summed E-state index contributed by atoms with van der Waals surface area (Å²) in [5.41, 5.74) is 2.71. The van der Waals surface area contributed by atoms with E-state index in [9.17, 15) is 23.1 Å². The lowest BCUT2D eigenvalue weighted by atomic mass is 9.45. The molecule has 2 heterocycles. The molecule has 3 aliphatic carbocycles. The van der Waals surface area contributed by atoms with Crippen LogP contribution < -0.4 is 10.9 Å². The molecule has 7 rings (SSSR count). The molecular formula is C35H42Cl2F3N5O4. The third kappa shape index (κ3) is 7.86. The minimum Gasteiger partial charge on any atom is -0.475 e. The number of nitrogens with zero attached hydrogens (tertiary/aromatic N) is 4. The maximum atomic E-state index is 13.3. The van der Waals surface area contributed by atoms with Crippen molar-refractivity contribution >= 4 is 51.7 Å². The molecular weight excluding hydrogens is 682 g/mol. The summed E-state index contributed by atoms with van der Waals surface area (Å²) in [6.07, 6.45) is 0.549. The molecule has 1 aromatic heterocycles. The number of nitrogens with one attached hydrogen (secondary N) is 1. The lowest BCUT2D eigenvalue weighted by Crippen LogP contribution is -2.56. The Kier molecular flexibility index (Phi) is 10.9. The number of carboxylic acids is 1. The van der Waals surface area contributed by atoms with Crippen molar-refractivity contribution in [2.75, 3.05) is 18.5 Å². The summed E-state index contributed by atoms with van der Waals surface area (Å²) in [5, 5.41) is 22.7. The van der Waals surface area contributed by atoms with Crippen molar-refractivity contribution in [1.82, 2.24) is 14.5 Å². The largest absolute Gasteiger partial charge is 0.490 e. The number of anilines is 1. The molecule has 6 atom stereocenters. The van der Waals surface area contributed by atoms with Gasteiger partial charge >= 0.3 is 12.1 Å². The summed E-state index contributed by atoms with van der Waals surface area (Å²) in [7, 11) is 0. The highest BCUT2D eigenvalue weighted by molar-refractivity contribution is 6.35. The molecule has 0 unspecified atom stereocenters. The van der Waals surface area contributed by atoms with Crippen LogP contribution in [0.3, 0.4) is 0 Å². The van der Waals surface area contributed by atoms with Crippen LogP contribution in [-0.4, -0.2) is 68.0 Å². The summed E-state index contributed by atoms with van der Waals surface area (Å²) < 4.78 is 33.4. The molecule has 4 aliphatic rings. The summed E-state index contributed by atoms with van der Waals surface area (Å²) in [4.78, 5) is 34.5. The molecule has 3 N–H and O–H groups in total. The van der Waals surface area contributed by atoms with E-state index in [0.717, 1.165) is 36.6 Å². The minimum atomic E-state index is -5.08. The maximum Gasteiger partial charge on any atom is 0.490 e. The van der Waals surface area contributed by atoms with Gasteiger partial charge in [0.25, 0.3) is 5.56 Å². The van der Waals surface area contributed by atoms with Crippen LogP contribution in [0.1, 0.15) is 52.5 Å². The maximum absolute atomic E-state index is 13.3. The summed E-state index contributed by atoms with van der Waals surface area (Å²) >= 11 is 12.4. The number of aromatic nitrogens is 2. The van der Waals surface area contributed by atoms with E-state index < -0.39 is 12.1 Å². The van der Waals surface area contributed by atoms with Gasteiger partial charge in [0.2, 0.25) is 0 Å². The number of carbonyl (C=O) groups is 1. The van der Waals surface area contributed by atoms with Crippen LogP contribution in [0.4, 0.5) is 18.9 Å². The lowest BCUT2D eigenvalue weighted by Gasteiger charge is -2.61. The van der Waals surface area contributed by atoms with Gasteiger partial charge in [0.05, 0.1) is 35.9 Å². The van der Waals surface area contributed by atoms with Crippen molar-refractivity contribution in [3.8, 4) is 0 Å². The quantitative estimate of drug-likeness (QED) is 0.183. The molecule has 1 saturated heterocycles. The average Bonchev–Trinajstić information content (AvgIpc) is 3.41. The number of rotatable bonds is 6. The first-order valence-electron chi connectivity index (χ1n) is 16.5. The first-order valence-corrected chi connectivity index (χ1v) is 17.2. The number of aryl methyl sites for hydroxylation is 2. The SMILES string of the molecule is C[C@@H]1[C@@H](N=C(Nc2ccc3c(=O)n(CCc4ccc(Cl)cc4Cl)cnc3c2)N2CC[C@H](C)[C@H]2CO)C[C@@H]2C[C@H]1C2(C)C.O=C(O)C(F)(F)F. The van der Waals surface area contributed by atoms with Crippen LogP contribution in [0.5, 0.6) is 0 Å². The topological polar surface area (TPSA) is 120 Å². The number of hydrogen-bond donors (Lipinski definition) is 3. The molecule has 266 valence electrons. The van der Waals surface area contributed by atoms with Gasteiger partial charge in [0.1, 0.15) is 0 Å². The number of hydrogen-bond acceptors (Lipinski definition) is 5. The number of guanidine groups is 1. The molecule has 4 fully saturated rings. The van der Waals surface area contributed by atoms with Gasteiger partial charge in [-0.2, -0.15) is 13.2 Å². The number of aliphatic imine (C=N–C) groups is 1. The predicted molar refractivity (Wildman–Crippen MR) is 185 cm³/mol. The van der Waals surface area contributed by atoms with Crippen molar-refractivity contribution in [2.45, 2.75) is 78.2 Å². The molecule has 49 heavy (non-hydrogen) atoms. The number of likely N-dealkylation sites (tertiary alicyclic amines) is 1. The number of aliphatic hydroxyl groups is 1. The van der Waals surface area contributed by atoms with Gasteiger partial charge in [-0.15, -0.1) is 0 Å². The highest BCUT2D eigenvalue weighted by atomic mass is 35.5. The van der Waals surface area contributed by atoms with E-state index >= 15 is 0 Å². The zero-order valence-corrected chi connectivity index (χ0v) is 29.4. The molecule has 0 amide bonds. The summed E-state index contributed by atoms with van der Waals surface area (Å²) in [6.45, 7) is 10.8. The first kappa shape index (κ1) is 36.9. The van der Waals surface area contributed by atoms with Crippen molar-refractivity contribution in [3.05, 3.63) is 68.7 Å². The van der Waals surface area contributed by atoms with Crippen LogP contribution in [0.15, 0.2) is 52.5 Å². The molecule has 0 spiro atoms. The monoisotopic (exact) mass is 723 g/mol. The number of halogens is 5. The van der Waals surface area contributed by atoms with Crippen molar-refractivity contribution < 1.29 is 28.2 Å². The van der Waals surface area contributed by atoms with Gasteiger partial charge in [0, 0.05) is 28.8 Å². The highest BCUT2D eigenvalue weighted by Crippen LogP contribution is 2.61. The third-order valence-electron chi connectivity index (χ3n) is 10.9. The van der Waals surface area contributed by atoms with E-state index in [1.165, 1.54) is 6.42 Å². The Morgan fingerprint density at radius 2 is 1.86 bits per heavy atom. The fraction of sp³-hybridized carbons (Fsp3) is 0.543. The van der Waals surface area contributed by atoms with Crippen molar-refractivity contribution in [3.63, 3.8) is 0 Å². The van der Waals surface area contributed by atoms with Crippen LogP contribution in [-0.2, 0) is 17.8 Å². The number of aliphatic hydroxyl groups excluding tert-OH is 1. The Labute approximate surface area is 293 Å². The van der Waals surface area contributed by atoms with E-state index in [-0.39, 0.29) is 24.2 Å². The lowest BCUT2D eigenvalue weighted by molar-refractivity contribution is -0.192. The fourth-order valence-electron chi connectivity index (χ4n) is 7.67. The number of aliphatic carboxylic acids is 1. The predicted octanol–water partition coefficient (Wildman–Crippen LogP) is 7.12. The molecule has 3 aromatic rings. The first-order chi connectivity index (χ1) is 23.0. The molecule has 2 aromatic carbocycles. The average molecular weight is 725 g/mol. The molecule has 14 heteroatoms. The van der Waals surface area contributed by atoms with Crippen molar-refractivity contribution in [2.24, 2.45) is 34.1 Å². The highest BCUT2D eigenvalue weighted by Gasteiger charge is 2.56. The van der Waals surface area contributed by atoms with Crippen molar-refractivity contribution in [1.29, 1.82) is 0 Å². The van der Waals surface area contributed by atoms with Gasteiger partial charge in [0.15, 0.2) is 5.96 Å². The normalized spacial score (nSPS) is 26.2. The standard InChI is InChI=1S/C33H41Cl2N5O2.C2HF3O2/c1-19-9-12-40(30(19)17-41)32(38-28-14-22-13-26(20(28)2)33(22,3)4)37-24-7-8-25-29(16-24)36-18-39(31(25)42)11-10-21-5-6-23(34)15-27(21)35;3-2(4,5)1(6)7/h5-8,15-16,18-20,22,26,28,30,41H,9-14,17H2,1-4H3,(H,37,38);(H,6,7)/t19-,20-,22-,26+,28-,30+;/m0./s1. The van der Waals surface area contributed by atoms with Gasteiger partial charge in [-0.25, -0.2) is 14.8 Å². The van der Waals surface area contributed by atoms with E-state index in [1.807, 2.05) is 24.3 Å². The second-order valence-electron chi connectivity index (χ2n) is 14.1. The molecule has 1 aliphatic heterocycles. The van der Waals surface area contributed by atoms with E-state index in [0.29, 0.717) is 63.0 Å². The number of carboxylic acid groups (broad SMARTS) is 1. The summed E-state index contributed by atoms with van der Waals surface area (Å²) in [6, 6.07) is 11.4. The number of alkyl halides is 3. The van der Waals surface area contributed by atoms with Gasteiger partial charge in [-0.1, -0.05) is 57.0 Å². The number of fused-ring (bicyclic) bond motifs is 3. The van der Waals surface area contributed by atoms with Crippen LogP contribution in [0, 0.1) is 29.1 Å². The van der Waals surface area contributed by atoms with Crippen LogP contribution in [0.2, 0.25) is 10.0 Å². The van der Waals surface area contributed by atoms with E-state index in [1.54, 1.807) is 23.0 Å². The van der Waals surface area contributed by atoms with Gasteiger partial charge in [-0.3, -0.25) is 9.36 Å². The Bertz CT molecular complexity index is 1780. The molecule has 2 bridgehead atoms. The Morgan fingerprint density at radius 3 is 2.47 bits per heavy atom. The smallest absolute Gasteiger partial charge is 0.475 e. The fourth-order valence-corrected chi connectivity index (χ4v) is 8.17. The molecule has 9 nitrogen and oxygen atoms in total. The molecule has 0 radical (unpaired) electrons. The summed E-state index contributed by atoms with van der Waals surface area (Å²) in [5.74, 6) is 0.364. The number of benzene rings is 2. The van der Waals surface area contributed by atoms with Crippen LogP contribution in [0.25, 0.3) is 10.9 Å². The molecule has 3 saturated carbocycles. The minimum absolute atomic E-state index is 0.0287. The Hall–Kier alpha value is -3.35. The van der Waals surface area contributed by atoms with Gasteiger partial charge in [-0.05, 0) is 90.7 Å².